The van der Waals surface area contributed by atoms with Gasteiger partial charge in [0.2, 0.25) is 5.95 Å². The summed E-state index contributed by atoms with van der Waals surface area (Å²) in [7, 11) is 1.83. The van der Waals surface area contributed by atoms with Gasteiger partial charge in [0.15, 0.2) is 0 Å². The molecule has 0 bridgehead atoms. The van der Waals surface area contributed by atoms with Crippen molar-refractivity contribution in [2.24, 2.45) is 5.41 Å². The summed E-state index contributed by atoms with van der Waals surface area (Å²) in [6.07, 6.45) is 2.20. The number of aryl methyl sites for hydroxylation is 1. The second-order valence-corrected chi connectivity index (χ2v) is 5.24. The van der Waals surface area contributed by atoms with Crippen LogP contribution in [0.1, 0.15) is 25.5 Å². The van der Waals surface area contributed by atoms with Gasteiger partial charge in [0.05, 0.1) is 0 Å². The van der Waals surface area contributed by atoms with E-state index in [2.05, 4.69) is 27.5 Å². The SMILES string of the molecule is CNc1nc(C)cc(NCC2(C)CCOCC2)n1. The van der Waals surface area contributed by atoms with Crippen LogP contribution in [0.25, 0.3) is 0 Å². The molecule has 2 N–H and O–H groups in total. The number of anilines is 2. The van der Waals surface area contributed by atoms with Crippen molar-refractivity contribution in [3.8, 4) is 0 Å². The molecule has 1 aliphatic rings. The Bertz CT molecular complexity index is 402. The fourth-order valence-electron chi connectivity index (χ4n) is 2.12. The molecule has 0 aromatic carbocycles. The van der Waals surface area contributed by atoms with Crippen LogP contribution >= 0.6 is 0 Å². The Morgan fingerprint density at radius 2 is 2.06 bits per heavy atom. The molecule has 0 radical (unpaired) electrons. The van der Waals surface area contributed by atoms with Crippen molar-refractivity contribution in [3.05, 3.63) is 11.8 Å². The summed E-state index contributed by atoms with van der Waals surface area (Å²) in [4.78, 5) is 8.69. The standard InChI is InChI=1S/C13H22N4O/c1-10-8-11(17-12(14-3)16-10)15-9-13(2)4-6-18-7-5-13/h8H,4-7,9H2,1-3H3,(H2,14,15,16,17). The highest BCUT2D eigenvalue weighted by atomic mass is 16.5. The first-order chi connectivity index (χ1) is 8.61. The van der Waals surface area contributed by atoms with E-state index in [0.29, 0.717) is 11.4 Å². The molecule has 1 aromatic heterocycles. The Morgan fingerprint density at radius 3 is 2.72 bits per heavy atom. The quantitative estimate of drug-likeness (QED) is 0.856. The number of hydrogen-bond acceptors (Lipinski definition) is 5. The first-order valence-corrected chi connectivity index (χ1v) is 6.46. The third-order valence-electron chi connectivity index (χ3n) is 3.47. The number of ether oxygens (including phenoxy) is 1. The summed E-state index contributed by atoms with van der Waals surface area (Å²) in [6.45, 7) is 6.93. The van der Waals surface area contributed by atoms with Gasteiger partial charge in [-0.2, -0.15) is 4.98 Å². The number of nitrogens with zero attached hydrogens (tertiary/aromatic N) is 2. The van der Waals surface area contributed by atoms with Gasteiger partial charge in [-0.1, -0.05) is 6.92 Å². The van der Waals surface area contributed by atoms with Gasteiger partial charge in [0.1, 0.15) is 5.82 Å². The van der Waals surface area contributed by atoms with Gasteiger partial charge in [-0.15, -0.1) is 0 Å². The van der Waals surface area contributed by atoms with Crippen molar-refractivity contribution in [1.82, 2.24) is 9.97 Å². The Hall–Kier alpha value is -1.36. The molecule has 2 rings (SSSR count). The smallest absolute Gasteiger partial charge is 0.224 e. The van der Waals surface area contributed by atoms with E-state index in [-0.39, 0.29) is 0 Å². The van der Waals surface area contributed by atoms with Crippen LogP contribution in [0, 0.1) is 12.3 Å². The van der Waals surface area contributed by atoms with Gasteiger partial charge in [-0.05, 0) is 25.2 Å². The van der Waals surface area contributed by atoms with Crippen LogP contribution in [0.15, 0.2) is 6.07 Å². The average Bonchev–Trinajstić information content (AvgIpc) is 2.37. The minimum atomic E-state index is 0.302. The van der Waals surface area contributed by atoms with Crippen molar-refractivity contribution in [1.29, 1.82) is 0 Å². The molecule has 1 aromatic rings. The number of rotatable bonds is 4. The average molecular weight is 250 g/mol. The highest BCUT2D eigenvalue weighted by molar-refractivity contribution is 5.42. The molecule has 100 valence electrons. The summed E-state index contributed by atoms with van der Waals surface area (Å²) < 4.78 is 5.41. The second-order valence-electron chi connectivity index (χ2n) is 5.24. The molecule has 0 unspecified atom stereocenters. The highest BCUT2D eigenvalue weighted by Gasteiger charge is 2.27. The molecule has 0 atom stereocenters. The monoisotopic (exact) mass is 250 g/mol. The maximum atomic E-state index is 5.41. The number of hydrogen-bond donors (Lipinski definition) is 2. The zero-order chi connectivity index (χ0) is 13.0. The molecule has 0 amide bonds. The van der Waals surface area contributed by atoms with Crippen LogP contribution in [0.2, 0.25) is 0 Å². The van der Waals surface area contributed by atoms with Crippen LogP contribution in [0.3, 0.4) is 0 Å². The van der Waals surface area contributed by atoms with Gasteiger partial charge in [0, 0.05) is 38.6 Å². The van der Waals surface area contributed by atoms with E-state index >= 15 is 0 Å². The second kappa shape index (κ2) is 5.52. The minimum Gasteiger partial charge on any atom is -0.381 e. The van der Waals surface area contributed by atoms with E-state index in [1.54, 1.807) is 0 Å². The van der Waals surface area contributed by atoms with Gasteiger partial charge in [-0.3, -0.25) is 0 Å². The van der Waals surface area contributed by atoms with Crippen LogP contribution < -0.4 is 10.6 Å². The van der Waals surface area contributed by atoms with E-state index in [1.165, 1.54) is 0 Å². The molecule has 0 spiro atoms. The molecular formula is C13H22N4O. The largest absolute Gasteiger partial charge is 0.381 e. The van der Waals surface area contributed by atoms with Gasteiger partial charge >= 0.3 is 0 Å². The van der Waals surface area contributed by atoms with Crippen LogP contribution in [0.4, 0.5) is 11.8 Å². The zero-order valence-corrected chi connectivity index (χ0v) is 11.4. The fourth-order valence-corrected chi connectivity index (χ4v) is 2.12. The van der Waals surface area contributed by atoms with Crippen molar-refractivity contribution in [2.75, 3.05) is 37.4 Å². The Kier molecular flexibility index (Phi) is 4.01. The van der Waals surface area contributed by atoms with Gasteiger partial charge in [-0.25, -0.2) is 4.98 Å². The van der Waals surface area contributed by atoms with Crippen molar-refractivity contribution in [2.45, 2.75) is 26.7 Å². The predicted octanol–water partition coefficient (Wildman–Crippen LogP) is 2.06. The highest BCUT2D eigenvalue weighted by Crippen LogP contribution is 2.29. The lowest BCUT2D eigenvalue weighted by molar-refractivity contribution is 0.0300. The molecule has 1 aliphatic heterocycles. The molecular weight excluding hydrogens is 228 g/mol. The summed E-state index contributed by atoms with van der Waals surface area (Å²) >= 11 is 0. The van der Waals surface area contributed by atoms with E-state index < -0.39 is 0 Å². The molecule has 5 heteroatoms. The van der Waals surface area contributed by atoms with Crippen LogP contribution in [0.5, 0.6) is 0 Å². The summed E-state index contributed by atoms with van der Waals surface area (Å²) in [5, 5.41) is 6.40. The lowest BCUT2D eigenvalue weighted by Gasteiger charge is -2.33. The lowest BCUT2D eigenvalue weighted by atomic mass is 9.82. The molecule has 0 aliphatic carbocycles. The first kappa shape index (κ1) is 13.1. The molecule has 2 heterocycles. The summed E-state index contributed by atoms with van der Waals surface area (Å²) in [6, 6.07) is 1.98. The molecule has 1 fully saturated rings. The lowest BCUT2D eigenvalue weighted by Crippen LogP contribution is -2.33. The number of nitrogens with one attached hydrogen (secondary N) is 2. The maximum Gasteiger partial charge on any atom is 0.224 e. The van der Waals surface area contributed by atoms with E-state index in [4.69, 9.17) is 4.74 Å². The third kappa shape index (κ3) is 3.32. The third-order valence-corrected chi connectivity index (χ3v) is 3.47. The minimum absolute atomic E-state index is 0.302. The topological polar surface area (TPSA) is 59.1 Å². The maximum absolute atomic E-state index is 5.41. The molecule has 5 nitrogen and oxygen atoms in total. The Balaban J connectivity index is 1.98. The van der Waals surface area contributed by atoms with E-state index in [0.717, 1.165) is 44.1 Å². The van der Waals surface area contributed by atoms with Crippen LogP contribution in [-0.4, -0.2) is 36.8 Å². The molecule has 18 heavy (non-hydrogen) atoms. The van der Waals surface area contributed by atoms with E-state index in [9.17, 15) is 0 Å². The van der Waals surface area contributed by atoms with Gasteiger partial charge < -0.3 is 15.4 Å². The zero-order valence-electron chi connectivity index (χ0n) is 11.4. The normalized spacial score (nSPS) is 18.4. The van der Waals surface area contributed by atoms with Crippen LogP contribution in [-0.2, 0) is 4.74 Å². The number of aromatic nitrogens is 2. The Morgan fingerprint density at radius 1 is 1.33 bits per heavy atom. The van der Waals surface area contributed by atoms with Crippen molar-refractivity contribution < 1.29 is 4.74 Å². The summed E-state index contributed by atoms with van der Waals surface area (Å²) in [5.41, 5.74) is 1.27. The van der Waals surface area contributed by atoms with Gasteiger partial charge in [0.25, 0.3) is 0 Å². The fraction of sp³-hybridized carbons (Fsp3) is 0.692. The van der Waals surface area contributed by atoms with E-state index in [1.807, 2.05) is 20.0 Å². The Labute approximate surface area is 108 Å². The van der Waals surface area contributed by atoms with Crippen molar-refractivity contribution in [3.63, 3.8) is 0 Å². The predicted molar refractivity (Wildman–Crippen MR) is 73.0 cm³/mol. The molecule has 0 saturated carbocycles. The first-order valence-electron chi connectivity index (χ1n) is 6.46. The summed E-state index contributed by atoms with van der Waals surface area (Å²) in [5.74, 6) is 1.55. The van der Waals surface area contributed by atoms with Crippen molar-refractivity contribution >= 4 is 11.8 Å². The molecule has 1 saturated heterocycles.